The number of aromatic nitrogens is 1. The van der Waals surface area contributed by atoms with Crippen molar-refractivity contribution in [1.82, 2.24) is 10.3 Å². The molecule has 0 radical (unpaired) electrons. The number of allylic oxidation sites excluding steroid dienone is 1. The van der Waals surface area contributed by atoms with E-state index in [1.165, 1.54) is 18.3 Å². The lowest BCUT2D eigenvalue weighted by atomic mass is 10.3. The molecule has 5 heteroatoms. The standard InChI is InChI=1S/C11H14N2O3/c1-2-4-8(14)7-13-11(16)10-9(15)5-3-6-12-10/h3-6,14-15H,2,7H2,1H3,(H,13,16)/b8-4+. The van der Waals surface area contributed by atoms with Crippen LogP contribution in [0.2, 0.25) is 0 Å². The number of aliphatic hydroxyl groups excluding tert-OH is 1. The van der Waals surface area contributed by atoms with E-state index in [-0.39, 0.29) is 23.7 Å². The number of carbonyl (C=O) groups excluding carboxylic acids is 1. The van der Waals surface area contributed by atoms with E-state index in [9.17, 15) is 15.0 Å². The molecule has 1 heterocycles. The molecule has 1 aromatic heterocycles. The van der Waals surface area contributed by atoms with E-state index in [0.29, 0.717) is 6.42 Å². The largest absolute Gasteiger partial charge is 0.511 e. The summed E-state index contributed by atoms with van der Waals surface area (Å²) in [6.45, 7) is 1.91. The summed E-state index contributed by atoms with van der Waals surface area (Å²) in [6, 6.07) is 2.91. The summed E-state index contributed by atoms with van der Waals surface area (Å²) in [5.41, 5.74) is -0.0493. The molecule has 0 fully saturated rings. The van der Waals surface area contributed by atoms with Crippen molar-refractivity contribution in [3.05, 3.63) is 35.9 Å². The molecular weight excluding hydrogens is 208 g/mol. The van der Waals surface area contributed by atoms with Crippen LogP contribution in [-0.4, -0.2) is 27.6 Å². The first-order valence-electron chi connectivity index (χ1n) is 4.95. The first-order valence-corrected chi connectivity index (χ1v) is 4.95. The van der Waals surface area contributed by atoms with Gasteiger partial charge in [0.2, 0.25) is 0 Å². The molecule has 0 atom stereocenters. The third-order valence-corrected chi connectivity index (χ3v) is 1.87. The lowest BCUT2D eigenvalue weighted by Crippen LogP contribution is -2.26. The molecule has 0 aromatic carbocycles. The van der Waals surface area contributed by atoms with Gasteiger partial charge in [0.25, 0.3) is 5.91 Å². The van der Waals surface area contributed by atoms with Crippen molar-refractivity contribution in [1.29, 1.82) is 0 Å². The number of carbonyl (C=O) groups is 1. The summed E-state index contributed by atoms with van der Waals surface area (Å²) < 4.78 is 0. The summed E-state index contributed by atoms with van der Waals surface area (Å²) in [6.07, 6.45) is 3.70. The topological polar surface area (TPSA) is 82.5 Å². The molecule has 0 aliphatic rings. The van der Waals surface area contributed by atoms with E-state index in [2.05, 4.69) is 10.3 Å². The molecule has 16 heavy (non-hydrogen) atoms. The molecule has 0 saturated carbocycles. The summed E-state index contributed by atoms with van der Waals surface area (Å²) >= 11 is 0. The zero-order valence-corrected chi connectivity index (χ0v) is 8.97. The van der Waals surface area contributed by atoms with Gasteiger partial charge < -0.3 is 15.5 Å². The van der Waals surface area contributed by atoms with Crippen molar-refractivity contribution in [2.24, 2.45) is 0 Å². The van der Waals surface area contributed by atoms with Crippen molar-refractivity contribution in [3.8, 4) is 5.75 Å². The van der Waals surface area contributed by atoms with Crippen molar-refractivity contribution in [3.63, 3.8) is 0 Å². The lowest BCUT2D eigenvalue weighted by Gasteiger charge is -2.05. The number of rotatable bonds is 4. The Labute approximate surface area is 93.5 Å². The van der Waals surface area contributed by atoms with Gasteiger partial charge in [-0.15, -0.1) is 0 Å². The van der Waals surface area contributed by atoms with E-state index in [4.69, 9.17) is 0 Å². The number of hydrogen-bond donors (Lipinski definition) is 3. The smallest absolute Gasteiger partial charge is 0.274 e. The zero-order chi connectivity index (χ0) is 12.0. The van der Waals surface area contributed by atoms with Crippen LogP contribution in [0.5, 0.6) is 5.75 Å². The summed E-state index contributed by atoms with van der Waals surface area (Å²) in [5, 5.41) is 21.1. The molecule has 0 bridgehead atoms. The minimum atomic E-state index is -0.519. The van der Waals surface area contributed by atoms with E-state index in [1.54, 1.807) is 6.08 Å². The Balaban J connectivity index is 2.60. The normalized spacial score (nSPS) is 11.2. The fourth-order valence-electron chi connectivity index (χ4n) is 1.13. The Morgan fingerprint density at radius 3 is 3.00 bits per heavy atom. The van der Waals surface area contributed by atoms with Crippen LogP contribution in [0.4, 0.5) is 0 Å². The van der Waals surface area contributed by atoms with Gasteiger partial charge in [-0.05, 0) is 24.6 Å². The molecule has 1 aromatic rings. The number of aromatic hydroxyl groups is 1. The predicted octanol–water partition coefficient (Wildman–Crippen LogP) is 1.37. The van der Waals surface area contributed by atoms with Gasteiger partial charge in [0.1, 0.15) is 11.5 Å². The molecule has 5 nitrogen and oxygen atoms in total. The number of hydrogen-bond acceptors (Lipinski definition) is 4. The highest BCUT2D eigenvalue weighted by Gasteiger charge is 2.11. The molecular formula is C11H14N2O3. The number of pyridine rings is 1. The molecule has 0 aliphatic heterocycles. The van der Waals surface area contributed by atoms with Crippen molar-refractivity contribution >= 4 is 5.91 Å². The third-order valence-electron chi connectivity index (χ3n) is 1.87. The second-order valence-electron chi connectivity index (χ2n) is 3.16. The second-order valence-corrected chi connectivity index (χ2v) is 3.16. The molecule has 0 unspecified atom stereocenters. The van der Waals surface area contributed by atoms with Crippen LogP contribution in [0.25, 0.3) is 0 Å². The van der Waals surface area contributed by atoms with Gasteiger partial charge in [-0.2, -0.15) is 0 Å². The number of amides is 1. The van der Waals surface area contributed by atoms with Crippen LogP contribution >= 0.6 is 0 Å². The Morgan fingerprint density at radius 2 is 2.38 bits per heavy atom. The van der Waals surface area contributed by atoms with Gasteiger partial charge in [0, 0.05) is 6.20 Å². The fraction of sp³-hybridized carbons (Fsp3) is 0.273. The summed E-state index contributed by atoms with van der Waals surface area (Å²) in [5.74, 6) is -0.612. The van der Waals surface area contributed by atoms with Gasteiger partial charge in [-0.1, -0.05) is 6.92 Å². The number of nitrogens with one attached hydrogen (secondary N) is 1. The van der Waals surface area contributed by atoms with Gasteiger partial charge in [-0.3, -0.25) is 4.79 Å². The Hall–Kier alpha value is -2.04. The average Bonchev–Trinajstić information content (AvgIpc) is 2.27. The molecule has 0 spiro atoms. The third kappa shape index (κ3) is 3.27. The fourth-order valence-corrected chi connectivity index (χ4v) is 1.13. The lowest BCUT2D eigenvalue weighted by molar-refractivity contribution is 0.0944. The van der Waals surface area contributed by atoms with Crippen LogP contribution in [0.1, 0.15) is 23.8 Å². The molecule has 1 amide bonds. The molecule has 0 aliphatic carbocycles. The van der Waals surface area contributed by atoms with Crippen molar-refractivity contribution < 1.29 is 15.0 Å². The van der Waals surface area contributed by atoms with Gasteiger partial charge in [0.05, 0.1) is 6.54 Å². The Morgan fingerprint density at radius 1 is 1.62 bits per heavy atom. The van der Waals surface area contributed by atoms with Crippen LogP contribution in [0.3, 0.4) is 0 Å². The highest BCUT2D eigenvalue weighted by Crippen LogP contribution is 2.11. The van der Waals surface area contributed by atoms with Crippen LogP contribution < -0.4 is 5.32 Å². The molecule has 3 N–H and O–H groups in total. The van der Waals surface area contributed by atoms with Crippen LogP contribution in [0, 0.1) is 0 Å². The van der Waals surface area contributed by atoms with Crippen LogP contribution in [-0.2, 0) is 0 Å². The first kappa shape index (κ1) is 12.0. The minimum Gasteiger partial charge on any atom is -0.511 e. The van der Waals surface area contributed by atoms with E-state index >= 15 is 0 Å². The molecule has 86 valence electrons. The van der Waals surface area contributed by atoms with Crippen molar-refractivity contribution in [2.75, 3.05) is 6.54 Å². The Kier molecular flexibility index (Phi) is 4.32. The van der Waals surface area contributed by atoms with E-state index < -0.39 is 5.91 Å². The van der Waals surface area contributed by atoms with Gasteiger partial charge in [0.15, 0.2) is 5.69 Å². The maximum Gasteiger partial charge on any atom is 0.274 e. The van der Waals surface area contributed by atoms with Crippen molar-refractivity contribution in [2.45, 2.75) is 13.3 Å². The maximum absolute atomic E-state index is 11.5. The minimum absolute atomic E-state index is 0.0304. The quantitative estimate of drug-likeness (QED) is 0.672. The predicted molar refractivity (Wildman–Crippen MR) is 59.2 cm³/mol. The summed E-state index contributed by atoms with van der Waals surface area (Å²) in [4.78, 5) is 15.2. The molecule has 0 saturated heterocycles. The van der Waals surface area contributed by atoms with E-state index in [1.807, 2.05) is 6.92 Å². The number of aliphatic hydroxyl groups is 1. The SMILES string of the molecule is CC/C=C(/O)CNC(=O)c1ncccc1O. The maximum atomic E-state index is 11.5. The molecule has 1 rings (SSSR count). The van der Waals surface area contributed by atoms with E-state index in [0.717, 1.165) is 0 Å². The zero-order valence-electron chi connectivity index (χ0n) is 8.97. The highest BCUT2D eigenvalue weighted by atomic mass is 16.3. The summed E-state index contributed by atoms with van der Waals surface area (Å²) in [7, 11) is 0. The monoisotopic (exact) mass is 222 g/mol. The van der Waals surface area contributed by atoms with Gasteiger partial charge >= 0.3 is 0 Å². The second kappa shape index (κ2) is 5.75. The first-order chi connectivity index (χ1) is 7.65. The van der Waals surface area contributed by atoms with Gasteiger partial charge in [-0.25, -0.2) is 4.98 Å². The Bertz CT molecular complexity index is 402. The number of nitrogens with zero attached hydrogens (tertiary/aromatic N) is 1. The van der Waals surface area contributed by atoms with Crippen LogP contribution in [0.15, 0.2) is 30.2 Å². The highest BCUT2D eigenvalue weighted by molar-refractivity contribution is 5.94. The average molecular weight is 222 g/mol.